The van der Waals surface area contributed by atoms with Crippen molar-refractivity contribution in [2.24, 2.45) is 0 Å². The molecule has 2 aromatic carbocycles. The van der Waals surface area contributed by atoms with Gasteiger partial charge >= 0.3 is 0 Å². The zero-order chi connectivity index (χ0) is 16.3. The molecule has 9 heteroatoms. The number of non-ortho nitro benzene ring substituents is 1. The summed E-state index contributed by atoms with van der Waals surface area (Å²) in [6, 6.07) is 8.07. The maximum absolute atomic E-state index is 11.9. The molecule has 0 fully saturated rings. The van der Waals surface area contributed by atoms with Crippen LogP contribution in [0.3, 0.4) is 0 Å². The SMILES string of the molecule is O=C(NNc1c(Cl)cc(Cl)cc1Cl)c1ccc([N+](=O)[O-])cc1. The van der Waals surface area contributed by atoms with E-state index in [9.17, 15) is 14.9 Å². The van der Waals surface area contributed by atoms with Crippen molar-refractivity contribution in [1.82, 2.24) is 5.43 Å². The number of rotatable bonds is 4. The van der Waals surface area contributed by atoms with Crippen LogP contribution >= 0.6 is 34.8 Å². The van der Waals surface area contributed by atoms with Crippen molar-refractivity contribution in [3.8, 4) is 0 Å². The number of carbonyl (C=O) groups is 1. The Labute approximate surface area is 140 Å². The number of halogens is 3. The first-order chi connectivity index (χ1) is 10.4. The van der Waals surface area contributed by atoms with Gasteiger partial charge in [-0.1, -0.05) is 34.8 Å². The van der Waals surface area contributed by atoms with E-state index in [1.807, 2.05) is 0 Å². The lowest BCUT2D eigenvalue weighted by atomic mass is 10.2. The number of nitrogens with one attached hydrogen (secondary N) is 2. The van der Waals surface area contributed by atoms with E-state index in [4.69, 9.17) is 34.8 Å². The van der Waals surface area contributed by atoms with Crippen LogP contribution in [0.2, 0.25) is 15.1 Å². The second-order valence-corrected chi connectivity index (χ2v) is 5.38. The standard InChI is InChI=1S/C13H8Cl3N3O3/c14-8-5-10(15)12(11(16)6-8)17-18-13(20)7-1-3-9(4-2-7)19(21)22/h1-6,17H,(H,18,20). The zero-order valence-electron chi connectivity index (χ0n) is 10.8. The molecule has 0 radical (unpaired) electrons. The minimum atomic E-state index is -0.548. The topological polar surface area (TPSA) is 84.3 Å². The Kier molecular flexibility index (Phi) is 5.07. The minimum absolute atomic E-state index is 0.103. The summed E-state index contributed by atoms with van der Waals surface area (Å²) in [5.74, 6) is -0.503. The number of nitro groups is 1. The van der Waals surface area contributed by atoms with Crippen molar-refractivity contribution < 1.29 is 9.72 Å². The van der Waals surface area contributed by atoms with Crippen LogP contribution < -0.4 is 10.9 Å². The molecule has 0 heterocycles. The number of benzene rings is 2. The van der Waals surface area contributed by atoms with Crippen molar-refractivity contribution >= 4 is 52.1 Å². The third kappa shape index (κ3) is 3.79. The van der Waals surface area contributed by atoms with Crippen molar-refractivity contribution in [1.29, 1.82) is 0 Å². The lowest BCUT2D eigenvalue weighted by molar-refractivity contribution is -0.384. The van der Waals surface area contributed by atoms with Gasteiger partial charge in [0.15, 0.2) is 0 Å². The lowest BCUT2D eigenvalue weighted by Crippen LogP contribution is -2.29. The summed E-state index contributed by atoms with van der Waals surface area (Å²) in [6.07, 6.45) is 0. The van der Waals surface area contributed by atoms with Gasteiger partial charge in [0.2, 0.25) is 0 Å². The number of hydrogen-bond acceptors (Lipinski definition) is 4. The first-order valence-electron chi connectivity index (χ1n) is 5.84. The summed E-state index contributed by atoms with van der Waals surface area (Å²) in [4.78, 5) is 21.9. The van der Waals surface area contributed by atoms with E-state index in [0.29, 0.717) is 10.7 Å². The van der Waals surface area contributed by atoms with Gasteiger partial charge in [0.05, 0.1) is 20.7 Å². The molecule has 2 aromatic rings. The average Bonchev–Trinajstić information content (AvgIpc) is 2.46. The molecule has 2 N–H and O–H groups in total. The molecule has 6 nitrogen and oxygen atoms in total. The molecule has 0 atom stereocenters. The van der Waals surface area contributed by atoms with E-state index in [2.05, 4.69) is 10.9 Å². The van der Waals surface area contributed by atoms with Crippen LogP contribution in [-0.4, -0.2) is 10.8 Å². The van der Waals surface area contributed by atoms with Gasteiger partial charge in [-0.2, -0.15) is 0 Å². The number of carbonyl (C=O) groups excluding carboxylic acids is 1. The van der Waals surface area contributed by atoms with Crippen molar-refractivity contribution in [3.63, 3.8) is 0 Å². The van der Waals surface area contributed by atoms with Gasteiger partial charge in [-0.05, 0) is 24.3 Å². The Balaban J connectivity index is 2.08. The van der Waals surface area contributed by atoms with Crippen molar-refractivity contribution in [2.45, 2.75) is 0 Å². The monoisotopic (exact) mass is 359 g/mol. The molecule has 0 bridgehead atoms. The van der Waals surface area contributed by atoms with Gasteiger partial charge in [-0.15, -0.1) is 0 Å². The molecule has 1 amide bonds. The van der Waals surface area contributed by atoms with Crippen molar-refractivity contribution in [3.05, 3.63) is 67.1 Å². The first kappa shape index (κ1) is 16.4. The van der Waals surface area contributed by atoms with Crippen LogP contribution in [0.5, 0.6) is 0 Å². The maximum atomic E-state index is 11.9. The van der Waals surface area contributed by atoms with Crippen LogP contribution in [0.4, 0.5) is 11.4 Å². The Morgan fingerprint density at radius 1 is 1.05 bits per heavy atom. The normalized spacial score (nSPS) is 10.1. The molecule has 0 unspecified atom stereocenters. The van der Waals surface area contributed by atoms with Crippen LogP contribution in [0.25, 0.3) is 0 Å². The van der Waals surface area contributed by atoms with Gasteiger partial charge < -0.3 is 0 Å². The number of nitrogens with zero attached hydrogens (tertiary/aromatic N) is 1. The molecule has 0 aliphatic heterocycles. The number of nitro benzene ring substituents is 1. The molecular formula is C13H8Cl3N3O3. The second-order valence-electron chi connectivity index (χ2n) is 4.13. The molecule has 0 saturated carbocycles. The van der Waals surface area contributed by atoms with E-state index in [1.165, 1.54) is 36.4 Å². The van der Waals surface area contributed by atoms with Gasteiger partial charge in [0.1, 0.15) is 0 Å². The predicted octanol–water partition coefficient (Wildman–Crippen LogP) is 4.31. The smallest absolute Gasteiger partial charge is 0.269 e. The summed E-state index contributed by atoms with van der Waals surface area (Å²) in [6.45, 7) is 0. The Morgan fingerprint density at radius 2 is 1.59 bits per heavy atom. The Hall–Kier alpha value is -2.02. The molecule has 0 aliphatic carbocycles. The molecule has 2 rings (SSSR count). The fraction of sp³-hybridized carbons (Fsp3) is 0. The summed E-state index contributed by atoms with van der Waals surface area (Å²) in [5, 5.41) is 11.4. The highest BCUT2D eigenvalue weighted by Crippen LogP contribution is 2.33. The molecule has 0 saturated heterocycles. The first-order valence-corrected chi connectivity index (χ1v) is 6.97. The van der Waals surface area contributed by atoms with Crippen LogP contribution in [0.1, 0.15) is 10.4 Å². The van der Waals surface area contributed by atoms with E-state index >= 15 is 0 Å². The maximum Gasteiger partial charge on any atom is 0.269 e. The fourth-order valence-electron chi connectivity index (χ4n) is 1.59. The van der Waals surface area contributed by atoms with E-state index in [0.717, 1.165) is 0 Å². The van der Waals surface area contributed by atoms with Gasteiger partial charge in [0.25, 0.3) is 11.6 Å². The average molecular weight is 361 g/mol. The van der Waals surface area contributed by atoms with Gasteiger partial charge in [-0.25, -0.2) is 0 Å². The van der Waals surface area contributed by atoms with Crippen molar-refractivity contribution in [2.75, 3.05) is 5.43 Å². The minimum Gasteiger partial charge on any atom is -0.295 e. The zero-order valence-corrected chi connectivity index (χ0v) is 13.0. The van der Waals surface area contributed by atoms with E-state index in [-0.39, 0.29) is 21.3 Å². The number of hydrazine groups is 1. The highest BCUT2D eigenvalue weighted by molar-refractivity contribution is 6.41. The van der Waals surface area contributed by atoms with Crippen LogP contribution in [0.15, 0.2) is 36.4 Å². The number of amides is 1. The third-order valence-corrected chi connectivity index (χ3v) is 3.46. The largest absolute Gasteiger partial charge is 0.295 e. The number of anilines is 1. The second kappa shape index (κ2) is 6.83. The van der Waals surface area contributed by atoms with E-state index < -0.39 is 10.8 Å². The number of hydrogen-bond donors (Lipinski definition) is 2. The van der Waals surface area contributed by atoms with Gasteiger partial charge in [0, 0.05) is 22.7 Å². The van der Waals surface area contributed by atoms with E-state index in [1.54, 1.807) is 0 Å². The summed E-state index contributed by atoms with van der Waals surface area (Å²) in [7, 11) is 0. The molecular weight excluding hydrogens is 353 g/mol. The van der Waals surface area contributed by atoms with Gasteiger partial charge in [-0.3, -0.25) is 25.8 Å². The molecule has 0 aromatic heterocycles. The van der Waals surface area contributed by atoms with Crippen LogP contribution in [0, 0.1) is 10.1 Å². The third-order valence-electron chi connectivity index (χ3n) is 2.65. The molecule has 0 aliphatic rings. The highest BCUT2D eigenvalue weighted by atomic mass is 35.5. The molecule has 22 heavy (non-hydrogen) atoms. The fourth-order valence-corrected chi connectivity index (χ4v) is 2.50. The molecule has 0 spiro atoms. The Bertz CT molecular complexity index is 712. The van der Waals surface area contributed by atoms with Crippen LogP contribution in [-0.2, 0) is 0 Å². The quantitative estimate of drug-likeness (QED) is 0.628. The summed E-state index contributed by atoms with van der Waals surface area (Å²) < 4.78 is 0. The highest BCUT2D eigenvalue weighted by Gasteiger charge is 2.11. The lowest BCUT2D eigenvalue weighted by Gasteiger charge is -2.12. The predicted molar refractivity (Wildman–Crippen MR) is 85.7 cm³/mol. The molecule has 114 valence electrons. The Morgan fingerprint density at radius 3 is 2.09 bits per heavy atom. The summed E-state index contributed by atoms with van der Waals surface area (Å²) >= 11 is 17.7. The summed E-state index contributed by atoms with van der Waals surface area (Å²) in [5.41, 5.74) is 5.41.